The molecular weight excluding hydrogens is 326 g/mol. The van der Waals surface area contributed by atoms with E-state index >= 15 is 0 Å². The molecule has 0 saturated carbocycles. The van der Waals surface area contributed by atoms with Gasteiger partial charge in [-0.25, -0.2) is 8.78 Å². The van der Waals surface area contributed by atoms with Crippen LogP contribution in [0.1, 0.15) is 36.0 Å². The maximum Gasteiger partial charge on any atom is 0.223 e. The lowest BCUT2D eigenvalue weighted by Crippen LogP contribution is -2.47. The molecule has 0 spiro atoms. The van der Waals surface area contributed by atoms with Gasteiger partial charge < -0.3 is 10.2 Å². The van der Waals surface area contributed by atoms with Crippen molar-refractivity contribution < 1.29 is 18.4 Å². The van der Waals surface area contributed by atoms with Crippen LogP contribution < -0.4 is 5.32 Å². The van der Waals surface area contributed by atoms with E-state index in [1.54, 1.807) is 4.90 Å². The molecule has 1 unspecified atom stereocenters. The van der Waals surface area contributed by atoms with Crippen molar-refractivity contribution in [1.82, 2.24) is 10.2 Å². The zero-order chi connectivity index (χ0) is 16.1. The monoisotopic (exact) mass is 346 g/mol. The average molecular weight is 347 g/mol. The van der Waals surface area contributed by atoms with Crippen LogP contribution in [0.2, 0.25) is 0 Å². The molecule has 1 saturated heterocycles. The Morgan fingerprint density at radius 3 is 2.70 bits per heavy atom. The van der Waals surface area contributed by atoms with Crippen molar-refractivity contribution in [3.8, 4) is 0 Å². The molecule has 128 valence electrons. The molecule has 1 amide bonds. The van der Waals surface area contributed by atoms with Gasteiger partial charge in [0.05, 0.1) is 5.56 Å². The lowest BCUT2D eigenvalue weighted by molar-refractivity contribution is -0.132. The van der Waals surface area contributed by atoms with E-state index in [4.69, 9.17) is 0 Å². The predicted molar refractivity (Wildman–Crippen MR) is 85.8 cm³/mol. The maximum atomic E-state index is 13.5. The summed E-state index contributed by atoms with van der Waals surface area (Å²) in [6, 6.07) is 3.12. The number of nitrogens with one attached hydrogen (secondary N) is 1. The van der Waals surface area contributed by atoms with Crippen molar-refractivity contribution in [2.45, 2.75) is 31.7 Å². The van der Waals surface area contributed by atoms with Crippen LogP contribution in [0.5, 0.6) is 0 Å². The van der Waals surface area contributed by atoms with Gasteiger partial charge in [0.25, 0.3) is 0 Å². The fourth-order valence-corrected chi connectivity index (χ4v) is 2.67. The number of hydrogen-bond donors (Lipinski definition) is 1. The molecule has 1 aliphatic rings. The molecule has 23 heavy (non-hydrogen) atoms. The van der Waals surface area contributed by atoms with E-state index in [-0.39, 0.29) is 42.8 Å². The molecule has 0 aliphatic carbocycles. The minimum absolute atomic E-state index is 0. The van der Waals surface area contributed by atoms with Crippen molar-refractivity contribution >= 4 is 24.1 Å². The Bertz CT molecular complexity index is 569. The number of hydrogen-bond acceptors (Lipinski definition) is 3. The first-order valence-electron chi connectivity index (χ1n) is 7.44. The number of carbonyl (C=O) groups excluding carboxylic acids is 2. The second kappa shape index (κ2) is 8.93. The van der Waals surface area contributed by atoms with E-state index in [2.05, 4.69) is 5.32 Å². The summed E-state index contributed by atoms with van der Waals surface area (Å²) < 4.78 is 26.3. The molecule has 1 aromatic rings. The lowest BCUT2D eigenvalue weighted by Gasteiger charge is -2.32. The number of piperidine rings is 1. The number of Topliss-reactive ketones (excluding diaryl/α,β-unsaturated/α-hetero) is 1. The van der Waals surface area contributed by atoms with E-state index < -0.39 is 17.4 Å². The Balaban J connectivity index is 0.00000264. The zero-order valence-electron chi connectivity index (χ0n) is 13.0. The van der Waals surface area contributed by atoms with Gasteiger partial charge in [0, 0.05) is 38.0 Å². The van der Waals surface area contributed by atoms with Crippen molar-refractivity contribution in [3.63, 3.8) is 0 Å². The third-order valence-electron chi connectivity index (χ3n) is 3.98. The minimum atomic E-state index is -0.884. The highest BCUT2D eigenvalue weighted by Crippen LogP contribution is 2.15. The largest absolute Gasteiger partial charge is 0.341 e. The average Bonchev–Trinajstić information content (AvgIpc) is 2.52. The van der Waals surface area contributed by atoms with Crippen molar-refractivity contribution in [1.29, 1.82) is 0 Å². The minimum Gasteiger partial charge on any atom is -0.341 e. The van der Waals surface area contributed by atoms with Crippen LogP contribution in [0.4, 0.5) is 8.78 Å². The summed E-state index contributed by atoms with van der Waals surface area (Å²) in [5, 5.41) is 3.15. The molecule has 4 nitrogen and oxygen atoms in total. The van der Waals surface area contributed by atoms with Crippen LogP contribution in [0.15, 0.2) is 18.2 Å². The number of benzene rings is 1. The second-order valence-electron chi connectivity index (χ2n) is 5.51. The smallest absolute Gasteiger partial charge is 0.223 e. The van der Waals surface area contributed by atoms with Crippen LogP contribution in [0.25, 0.3) is 0 Å². The van der Waals surface area contributed by atoms with Gasteiger partial charge in [0.15, 0.2) is 5.78 Å². The van der Waals surface area contributed by atoms with E-state index in [0.717, 1.165) is 25.0 Å². The van der Waals surface area contributed by atoms with Crippen LogP contribution in [0.3, 0.4) is 0 Å². The molecule has 1 N–H and O–H groups in total. The number of carbonyl (C=O) groups is 2. The number of likely N-dealkylation sites (tertiary alicyclic amines) is 1. The summed E-state index contributed by atoms with van der Waals surface area (Å²) in [7, 11) is 1.86. The summed E-state index contributed by atoms with van der Waals surface area (Å²) in [4.78, 5) is 25.8. The number of halogens is 3. The molecule has 0 bridgehead atoms. The quantitative estimate of drug-likeness (QED) is 0.834. The molecule has 1 aromatic carbocycles. The van der Waals surface area contributed by atoms with Crippen LogP contribution >= 0.6 is 12.4 Å². The van der Waals surface area contributed by atoms with Crippen molar-refractivity contribution in [3.05, 3.63) is 35.4 Å². The van der Waals surface area contributed by atoms with E-state index in [0.29, 0.717) is 19.2 Å². The molecule has 1 heterocycles. The molecule has 7 heteroatoms. The van der Waals surface area contributed by atoms with Gasteiger partial charge in [0.2, 0.25) is 5.91 Å². The SMILES string of the molecule is CNC1CCCN(C(=O)CCC(=O)c2ccc(F)cc2F)C1.Cl. The summed E-state index contributed by atoms with van der Waals surface area (Å²) in [5.74, 6) is -2.19. The predicted octanol–water partition coefficient (Wildman–Crippen LogP) is 2.56. The van der Waals surface area contributed by atoms with Crippen LogP contribution in [-0.2, 0) is 4.79 Å². The summed E-state index contributed by atoms with van der Waals surface area (Å²) in [6.07, 6.45) is 1.94. The summed E-state index contributed by atoms with van der Waals surface area (Å²) in [5.41, 5.74) is -0.166. The Labute approximate surface area is 140 Å². The molecule has 1 fully saturated rings. The van der Waals surface area contributed by atoms with Gasteiger partial charge in [-0.3, -0.25) is 9.59 Å². The van der Waals surface area contributed by atoms with Gasteiger partial charge in [-0.2, -0.15) is 0 Å². The highest BCUT2D eigenvalue weighted by atomic mass is 35.5. The number of rotatable bonds is 5. The first-order valence-corrected chi connectivity index (χ1v) is 7.44. The first kappa shape index (κ1) is 19.5. The molecule has 0 aromatic heterocycles. The topological polar surface area (TPSA) is 49.4 Å². The summed E-state index contributed by atoms with van der Waals surface area (Å²) >= 11 is 0. The fraction of sp³-hybridized carbons (Fsp3) is 0.500. The Kier molecular flexibility index (Phi) is 7.58. The van der Waals surface area contributed by atoms with Gasteiger partial charge in [-0.15, -0.1) is 12.4 Å². The molecule has 0 radical (unpaired) electrons. The Morgan fingerprint density at radius 1 is 1.30 bits per heavy atom. The van der Waals surface area contributed by atoms with E-state index in [1.165, 1.54) is 0 Å². The van der Waals surface area contributed by atoms with E-state index in [9.17, 15) is 18.4 Å². The summed E-state index contributed by atoms with van der Waals surface area (Å²) in [6.45, 7) is 1.32. The highest BCUT2D eigenvalue weighted by Gasteiger charge is 2.23. The zero-order valence-corrected chi connectivity index (χ0v) is 13.8. The third kappa shape index (κ3) is 5.25. The fourth-order valence-electron chi connectivity index (χ4n) is 2.67. The first-order chi connectivity index (χ1) is 10.5. The number of nitrogens with zero attached hydrogens (tertiary/aromatic N) is 1. The highest BCUT2D eigenvalue weighted by molar-refractivity contribution is 5.98. The van der Waals surface area contributed by atoms with Crippen LogP contribution in [0, 0.1) is 11.6 Å². The van der Waals surface area contributed by atoms with Crippen molar-refractivity contribution in [2.24, 2.45) is 0 Å². The number of likely N-dealkylation sites (N-methyl/N-ethyl adjacent to an activating group) is 1. The third-order valence-corrected chi connectivity index (χ3v) is 3.98. The molecule has 1 aliphatic heterocycles. The van der Waals surface area contributed by atoms with E-state index in [1.807, 2.05) is 7.05 Å². The van der Waals surface area contributed by atoms with Gasteiger partial charge in [-0.05, 0) is 32.0 Å². The van der Waals surface area contributed by atoms with Crippen molar-refractivity contribution in [2.75, 3.05) is 20.1 Å². The maximum absolute atomic E-state index is 13.5. The Hall–Kier alpha value is -1.53. The lowest BCUT2D eigenvalue weighted by atomic mass is 10.0. The van der Waals surface area contributed by atoms with Crippen LogP contribution in [-0.4, -0.2) is 42.8 Å². The molecular formula is C16H21ClF2N2O2. The second-order valence-corrected chi connectivity index (χ2v) is 5.51. The normalized spacial score (nSPS) is 17.5. The van der Waals surface area contributed by atoms with Gasteiger partial charge in [0.1, 0.15) is 11.6 Å². The standard InChI is InChI=1S/C16H20F2N2O2.ClH/c1-19-12-3-2-8-20(10-12)16(22)7-6-15(21)13-5-4-11(17)9-14(13)18;/h4-5,9,12,19H,2-3,6-8,10H2,1H3;1H. The van der Waals surface area contributed by atoms with Gasteiger partial charge in [-0.1, -0.05) is 0 Å². The Morgan fingerprint density at radius 2 is 2.04 bits per heavy atom. The number of ketones is 1. The molecule has 1 atom stereocenters. The number of amides is 1. The van der Waals surface area contributed by atoms with Gasteiger partial charge >= 0.3 is 0 Å². The molecule has 2 rings (SSSR count).